The summed E-state index contributed by atoms with van der Waals surface area (Å²) in [5.74, 6) is 0.610. The topological polar surface area (TPSA) is 113 Å². The fourth-order valence-corrected chi connectivity index (χ4v) is 5.30. The maximum absolute atomic E-state index is 13.0. The molecule has 3 heterocycles. The molecule has 0 bridgehead atoms. The second kappa shape index (κ2) is 9.36. The molecule has 1 aromatic rings. The van der Waals surface area contributed by atoms with E-state index in [4.69, 9.17) is 4.74 Å². The van der Waals surface area contributed by atoms with Crippen molar-refractivity contribution in [3.05, 3.63) is 27.9 Å². The van der Waals surface area contributed by atoms with Gasteiger partial charge in [0, 0.05) is 51.2 Å². The molecule has 162 valence electrons. The zero-order valence-electron chi connectivity index (χ0n) is 17.1. The molecule has 29 heavy (non-hydrogen) atoms. The van der Waals surface area contributed by atoms with Gasteiger partial charge < -0.3 is 14.6 Å². The zero-order valence-corrected chi connectivity index (χ0v) is 17.9. The average Bonchev–Trinajstić information content (AvgIpc) is 2.73. The maximum Gasteiger partial charge on any atom is 0.251 e. The molecule has 2 fully saturated rings. The molecular formula is C19H30N4O5S. The monoisotopic (exact) mass is 426 g/mol. The van der Waals surface area contributed by atoms with Crippen molar-refractivity contribution < 1.29 is 17.9 Å². The van der Waals surface area contributed by atoms with Crippen molar-refractivity contribution in [3.8, 4) is 0 Å². The van der Waals surface area contributed by atoms with E-state index in [1.165, 1.54) is 10.4 Å². The molecule has 9 nitrogen and oxygen atoms in total. The SMILES string of the molecule is CCS(=O)(=O)N1CCC(C(=O)N2CCC[C@@H](c3nc(COC)cc(=O)[nH]3)C2)CC1. The number of hydrogen-bond donors (Lipinski definition) is 1. The van der Waals surface area contributed by atoms with Crippen LogP contribution in [0, 0.1) is 5.92 Å². The molecule has 10 heteroatoms. The minimum absolute atomic E-state index is 0.0160. The standard InChI is InChI=1S/C19H30N4O5S/c1-3-29(26,27)23-9-6-14(7-10-23)19(25)22-8-4-5-15(12-22)18-20-16(13-28-2)11-17(24)21-18/h11,14-15H,3-10,12-13H2,1-2H3,(H,20,21,24)/t15-/m1/s1. The highest BCUT2D eigenvalue weighted by molar-refractivity contribution is 7.89. The van der Waals surface area contributed by atoms with E-state index in [1.54, 1.807) is 14.0 Å². The number of aromatic amines is 1. The third-order valence-electron chi connectivity index (χ3n) is 5.79. The Labute approximate surface area is 171 Å². The van der Waals surface area contributed by atoms with Crippen LogP contribution in [-0.4, -0.2) is 72.5 Å². The number of carbonyl (C=O) groups is 1. The molecule has 0 spiro atoms. The minimum Gasteiger partial charge on any atom is -0.378 e. The Morgan fingerprint density at radius 2 is 2.00 bits per heavy atom. The van der Waals surface area contributed by atoms with Crippen LogP contribution >= 0.6 is 0 Å². The lowest BCUT2D eigenvalue weighted by Crippen LogP contribution is -2.47. The first kappa shape index (κ1) is 21.9. The molecule has 0 saturated carbocycles. The molecule has 2 aliphatic rings. The van der Waals surface area contributed by atoms with Crippen LogP contribution in [0.5, 0.6) is 0 Å². The molecule has 0 unspecified atom stereocenters. The van der Waals surface area contributed by atoms with Gasteiger partial charge in [0.1, 0.15) is 5.82 Å². The lowest BCUT2D eigenvalue weighted by Gasteiger charge is -2.37. The Kier molecular flexibility index (Phi) is 7.07. The van der Waals surface area contributed by atoms with Gasteiger partial charge in [-0.25, -0.2) is 17.7 Å². The van der Waals surface area contributed by atoms with Gasteiger partial charge in [-0.1, -0.05) is 0 Å². The van der Waals surface area contributed by atoms with E-state index in [1.807, 2.05) is 4.90 Å². The van der Waals surface area contributed by atoms with Gasteiger partial charge in [0.15, 0.2) is 0 Å². The number of rotatable bonds is 6. The second-order valence-electron chi connectivity index (χ2n) is 7.75. The number of sulfonamides is 1. The maximum atomic E-state index is 13.0. The summed E-state index contributed by atoms with van der Waals surface area (Å²) in [6, 6.07) is 1.43. The van der Waals surface area contributed by atoms with E-state index in [9.17, 15) is 18.0 Å². The summed E-state index contributed by atoms with van der Waals surface area (Å²) in [6.07, 6.45) is 2.81. The number of H-pyrrole nitrogens is 1. The van der Waals surface area contributed by atoms with Crippen molar-refractivity contribution in [1.82, 2.24) is 19.2 Å². The fraction of sp³-hybridized carbons (Fsp3) is 0.737. The highest BCUT2D eigenvalue weighted by Crippen LogP contribution is 2.28. The van der Waals surface area contributed by atoms with Crippen molar-refractivity contribution >= 4 is 15.9 Å². The Bertz CT molecular complexity index is 877. The van der Waals surface area contributed by atoms with Crippen molar-refractivity contribution in [1.29, 1.82) is 0 Å². The highest BCUT2D eigenvalue weighted by Gasteiger charge is 2.34. The van der Waals surface area contributed by atoms with Gasteiger partial charge in [0.05, 0.1) is 18.1 Å². The van der Waals surface area contributed by atoms with E-state index >= 15 is 0 Å². The fourth-order valence-electron chi connectivity index (χ4n) is 4.17. The van der Waals surface area contributed by atoms with Gasteiger partial charge >= 0.3 is 0 Å². The van der Waals surface area contributed by atoms with Crippen LogP contribution in [0.25, 0.3) is 0 Å². The first-order chi connectivity index (χ1) is 13.8. The van der Waals surface area contributed by atoms with E-state index in [0.717, 1.165) is 12.8 Å². The van der Waals surface area contributed by atoms with Crippen LogP contribution in [0.15, 0.2) is 10.9 Å². The highest BCUT2D eigenvalue weighted by atomic mass is 32.2. The minimum atomic E-state index is -3.20. The first-order valence-corrected chi connectivity index (χ1v) is 11.8. The molecule has 1 amide bonds. The van der Waals surface area contributed by atoms with E-state index < -0.39 is 10.0 Å². The van der Waals surface area contributed by atoms with Gasteiger partial charge in [-0.05, 0) is 32.6 Å². The van der Waals surface area contributed by atoms with Crippen LogP contribution in [0.1, 0.15) is 50.0 Å². The van der Waals surface area contributed by atoms with Gasteiger partial charge in [-0.3, -0.25) is 9.59 Å². The van der Waals surface area contributed by atoms with Crippen molar-refractivity contribution in [2.45, 2.75) is 45.1 Å². The molecule has 0 aliphatic carbocycles. The molecule has 0 aromatic carbocycles. The zero-order chi connectivity index (χ0) is 21.0. The first-order valence-electron chi connectivity index (χ1n) is 10.2. The van der Waals surface area contributed by atoms with Crippen molar-refractivity contribution in [3.63, 3.8) is 0 Å². The normalized spacial score (nSPS) is 22.0. The Balaban J connectivity index is 1.64. The van der Waals surface area contributed by atoms with Gasteiger partial charge in [0.25, 0.3) is 5.56 Å². The van der Waals surface area contributed by atoms with E-state index in [2.05, 4.69) is 9.97 Å². The number of likely N-dealkylation sites (tertiary alicyclic amines) is 1. The molecular weight excluding hydrogens is 396 g/mol. The quantitative estimate of drug-likeness (QED) is 0.716. The van der Waals surface area contributed by atoms with Crippen LogP contribution in [0.4, 0.5) is 0 Å². The number of carbonyl (C=O) groups excluding carboxylic acids is 1. The summed E-state index contributed by atoms with van der Waals surface area (Å²) in [4.78, 5) is 34.2. The van der Waals surface area contributed by atoms with Crippen LogP contribution < -0.4 is 5.56 Å². The predicted molar refractivity (Wildman–Crippen MR) is 108 cm³/mol. The van der Waals surface area contributed by atoms with Crippen LogP contribution in [0.2, 0.25) is 0 Å². The number of methoxy groups -OCH3 is 1. The van der Waals surface area contributed by atoms with Gasteiger partial charge in [0.2, 0.25) is 15.9 Å². The van der Waals surface area contributed by atoms with Crippen molar-refractivity contribution in [2.75, 3.05) is 39.0 Å². The number of amides is 1. The molecule has 1 atom stereocenters. The smallest absolute Gasteiger partial charge is 0.251 e. The molecule has 1 aromatic heterocycles. The molecule has 2 aliphatic heterocycles. The average molecular weight is 427 g/mol. The third-order valence-corrected chi connectivity index (χ3v) is 7.67. The molecule has 3 rings (SSSR count). The summed E-state index contributed by atoms with van der Waals surface area (Å²) < 4.78 is 30.6. The van der Waals surface area contributed by atoms with Crippen LogP contribution in [0.3, 0.4) is 0 Å². The Morgan fingerprint density at radius 1 is 1.28 bits per heavy atom. The number of nitrogens with one attached hydrogen (secondary N) is 1. The van der Waals surface area contributed by atoms with Gasteiger partial charge in [-0.2, -0.15) is 0 Å². The predicted octanol–water partition coefficient (Wildman–Crippen LogP) is 0.684. The number of ether oxygens (including phenoxy) is 1. The number of aromatic nitrogens is 2. The lowest BCUT2D eigenvalue weighted by atomic mass is 9.92. The van der Waals surface area contributed by atoms with Crippen LogP contribution in [-0.2, 0) is 26.2 Å². The number of piperidine rings is 2. The largest absolute Gasteiger partial charge is 0.378 e. The second-order valence-corrected chi connectivity index (χ2v) is 10.0. The lowest BCUT2D eigenvalue weighted by molar-refractivity contribution is -0.138. The number of hydrogen-bond acceptors (Lipinski definition) is 6. The van der Waals surface area contributed by atoms with E-state index in [-0.39, 0.29) is 35.7 Å². The summed E-state index contributed by atoms with van der Waals surface area (Å²) >= 11 is 0. The molecule has 1 N–H and O–H groups in total. The third kappa shape index (κ3) is 5.23. The summed E-state index contributed by atoms with van der Waals surface area (Å²) in [5.41, 5.74) is 0.370. The summed E-state index contributed by atoms with van der Waals surface area (Å²) in [5, 5.41) is 0. The van der Waals surface area contributed by atoms with E-state index in [0.29, 0.717) is 50.5 Å². The Morgan fingerprint density at radius 3 is 2.66 bits per heavy atom. The van der Waals surface area contributed by atoms with Crippen molar-refractivity contribution in [2.24, 2.45) is 5.92 Å². The summed E-state index contributed by atoms with van der Waals surface area (Å²) in [7, 11) is -1.64. The van der Waals surface area contributed by atoms with Gasteiger partial charge in [-0.15, -0.1) is 0 Å². The number of nitrogens with zero attached hydrogens (tertiary/aromatic N) is 3. The Hall–Kier alpha value is -1.78. The summed E-state index contributed by atoms with van der Waals surface area (Å²) in [6.45, 7) is 3.91. The molecule has 2 saturated heterocycles. The molecule has 0 radical (unpaired) electrons.